The molecule has 1 aromatic heterocycles. The molecule has 1 aliphatic heterocycles. The van der Waals surface area contributed by atoms with Crippen LogP contribution < -0.4 is 25.0 Å². The summed E-state index contributed by atoms with van der Waals surface area (Å²) in [6, 6.07) is 8.85. The summed E-state index contributed by atoms with van der Waals surface area (Å²) in [4.78, 5) is 41.3. The molecule has 11 nitrogen and oxygen atoms in total. The van der Waals surface area contributed by atoms with E-state index in [2.05, 4.69) is 15.6 Å². The Kier molecular flexibility index (Phi) is 6.36. The van der Waals surface area contributed by atoms with Crippen molar-refractivity contribution in [3.05, 3.63) is 68.7 Å². The maximum atomic E-state index is 12.9. The third-order valence-electron chi connectivity index (χ3n) is 4.88. The highest BCUT2D eigenvalue weighted by molar-refractivity contribution is 7.07. The topological polar surface area (TPSA) is 136 Å². The number of anilines is 2. The van der Waals surface area contributed by atoms with Crippen LogP contribution in [0.1, 0.15) is 16.1 Å². The van der Waals surface area contributed by atoms with Crippen LogP contribution in [0.2, 0.25) is 0 Å². The van der Waals surface area contributed by atoms with Crippen LogP contribution in [0.15, 0.2) is 47.3 Å². The number of nitrogens with one attached hydrogen (secondary N) is 2. The second-order valence-electron chi connectivity index (χ2n) is 6.93. The maximum absolute atomic E-state index is 12.9. The Bertz CT molecular complexity index is 1180. The number of hydrogen-bond donors (Lipinski definition) is 2. The largest absolute Gasteiger partial charge is 0.493 e. The highest BCUT2D eigenvalue weighted by Gasteiger charge is 2.25. The van der Waals surface area contributed by atoms with Gasteiger partial charge >= 0.3 is 6.03 Å². The van der Waals surface area contributed by atoms with E-state index in [9.17, 15) is 19.7 Å². The minimum Gasteiger partial charge on any atom is -0.493 e. The minimum atomic E-state index is -0.683. The van der Waals surface area contributed by atoms with Gasteiger partial charge in [0.15, 0.2) is 11.5 Å². The Hall–Kier alpha value is -4.19. The minimum absolute atomic E-state index is 0.101. The van der Waals surface area contributed by atoms with Gasteiger partial charge in [-0.1, -0.05) is 0 Å². The number of nitrogens with zero attached hydrogens (tertiary/aromatic N) is 3. The molecule has 0 saturated carbocycles. The van der Waals surface area contributed by atoms with Crippen molar-refractivity contribution in [1.29, 1.82) is 0 Å². The number of amides is 3. The van der Waals surface area contributed by atoms with Crippen LogP contribution in [0, 0.1) is 10.1 Å². The number of hydrogen-bond acceptors (Lipinski definition) is 8. The molecule has 2 heterocycles. The number of ether oxygens (including phenoxy) is 2. The Morgan fingerprint density at radius 2 is 2.09 bits per heavy atom. The van der Waals surface area contributed by atoms with Gasteiger partial charge in [-0.15, -0.1) is 11.3 Å². The molecule has 0 aliphatic carbocycles. The standard InChI is InChI=1S/C21H19N5O6S/c1-31-18-8-16(17(26(29)30)9-19(18)32-10-14-11-33-12-23-14)20(27)24-13-2-4-15(5-3-13)25-7-6-22-21(25)28/h2-5,8-9,11-12H,6-7,10H2,1H3,(H,22,28)(H,24,27). The zero-order valence-corrected chi connectivity index (χ0v) is 18.3. The fourth-order valence-electron chi connectivity index (χ4n) is 3.26. The number of thiazole rings is 1. The summed E-state index contributed by atoms with van der Waals surface area (Å²) in [5.74, 6) is -0.379. The number of carbonyl (C=O) groups excluding carboxylic acids is 2. The Morgan fingerprint density at radius 1 is 1.30 bits per heavy atom. The van der Waals surface area contributed by atoms with Crippen LogP contribution in [0.4, 0.5) is 21.9 Å². The Morgan fingerprint density at radius 3 is 2.70 bits per heavy atom. The van der Waals surface area contributed by atoms with Gasteiger partial charge in [-0.3, -0.25) is 19.8 Å². The molecule has 3 aromatic rings. The second kappa shape index (κ2) is 9.53. The van der Waals surface area contributed by atoms with Crippen molar-refractivity contribution in [3.8, 4) is 11.5 Å². The number of benzene rings is 2. The predicted octanol–water partition coefficient (Wildman–Crippen LogP) is 3.42. The predicted molar refractivity (Wildman–Crippen MR) is 121 cm³/mol. The highest BCUT2D eigenvalue weighted by Crippen LogP contribution is 2.35. The Balaban J connectivity index is 1.54. The van der Waals surface area contributed by atoms with E-state index in [0.717, 1.165) is 6.07 Å². The molecule has 0 radical (unpaired) electrons. The molecule has 12 heteroatoms. The van der Waals surface area contributed by atoms with Gasteiger partial charge in [0.1, 0.15) is 12.2 Å². The zero-order chi connectivity index (χ0) is 23.4. The van der Waals surface area contributed by atoms with Crippen molar-refractivity contribution in [2.45, 2.75) is 6.61 Å². The van der Waals surface area contributed by atoms with Crippen molar-refractivity contribution in [1.82, 2.24) is 10.3 Å². The number of nitro benzene ring substituents is 1. The molecular formula is C21H19N5O6S. The third kappa shape index (κ3) is 4.85. The first-order chi connectivity index (χ1) is 16.0. The van der Waals surface area contributed by atoms with Gasteiger partial charge in [0.05, 0.1) is 29.3 Å². The lowest BCUT2D eigenvalue weighted by molar-refractivity contribution is -0.385. The fraction of sp³-hybridized carbons (Fsp3) is 0.190. The van der Waals surface area contributed by atoms with Crippen molar-refractivity contribution in [2.75, 3.05) is 30.4 Å². The molecule has 0 unspecified atom stereocenters. The monoisotopic (exact) mass is 469 g/mol. The van der Waals surface area contributed by atoms with Gasteiger partial charge in [0.25, 0.3) is 11.6 Å². The number of rotatable bonds is 8. The molecule has 0 bridgehead atoms. The van der Waals surface area contributed by atoms with Crippen LogP contribution in [0.5, 0.6) is 11.5 Å². The van der Waals surface area contributed by atoms with Crippen LogP contribution in [-0.4, -0.2) is 42.0 Å². The molecule has 0 spiro atoms. The number of aromatic nitrogens is 1. The van der Waals surface area contributed by atoms with Crippen molar-refractivity contribution < 1.29 is 24.0 Å². The molecule has 170 valence electrons. The molecular weight excluding hydrogens is 450 g/mol. The average molecular weight is 469 g/mol. The van der Waals surface area contributed by atoms with Crippen molar-refractivity contribution in [3.63, 3.8) is 0 Å². The number of carbonyl (C=O) groups is 2. The summed E-state index contributed by atoms with van der Waals surface area (Å²) in [6.07, 6.45) is 0. The van der Waals surface area contributed by atoms with E-state index in [4.69, 9.17) is 9.47 Å². The van der Waals surface area contributed by atoms with E-state index in [1.54, 1.807) is 40.1 Å². The molecule has 3 amide bonds. The van der Waals surface area contributed by atoms with E-state index >= 15 is 0 Å². The van der Waals surface area contributed by atoms with E-state index in [1.165, 1.54) is 24.5 Å². The molecule has 1 saturated heterocycles. The Labute approximate surface area is 192 Å². The van der Waals surface area contributed by atoms with E-state index in [-0.39, 0.29) is 29.7 Å². The number of urea groups is 1. The molecule has 1 aliphatic rings. The van der Waals surface area contributed by atoms with E-state index < -0.39 is 16.5 Å². The van der Waals surface area contributed by atoms with Crippen LogP contribution in [-0.2, 0) is 6.61 Å². The smallest absolute Gasteiger partial charge is 0.321 e. The summed E-state index contributed by atoms with van der Waals surface area (Å²) >= 11 is 1.40. The van der Waals surface area contributed by atoms with Crippen molar-refractivity contribution >= 4 is 40.3 Å². The van der Waals surface area contributed by atoms with Crippen LogP contribution in [0.3, 0.4) is 0 Å². The molecule has 1 fully saturated rings. The number of methoxy groups -OCH3 is 1. The molecule has 33 heavy (non-hydrogen) atoms. The van der Waals surface area contributed by atoms with Gasteiger partial charge in [-0.05, 0) is 24.3 Å². The first kappa shape index (κ1) is 22.0. The lowest BCUT2D eigenvalue weighted by Crippen LogP contribution is -2.27. The number of nitro groups is 1. The van der Waals surface area contributed by atoms with Gasteiger partial charge < -0.3 is 20.1 Å². The first-order valence-corrected chi connectivity index (χ1v) is 10.7. The van der Waals surface area contributed by atoms with Gasteiger partial charge in [-0.25, -0.2) is 9.78 Å². The van der Waals surface area contributed by atoms with Crippen LogP contribution in [0.25, 0.3) is 0 Å². The third-order valence-corrected chi connectivity index (χ3v) is 5.51. The molecule has 2 aromatic carbocycles. The fourth-order valence-corrected chi connectivity index (χ4v) is 3.80. The van der Waals surface area contributed by atoms with Gasteiger partial charge in [0, 0.05) is 35.9 Å². The summed E-state index contributed by atoms with van der Waals surface area (Å²) in [5.41, 5.74) is 2.81. The summed E-state index contributed by atoms with van der Waals surface area (Å²) in [5, 5.41) is 18.8. The lowest BCUT2D eigenvalue weighted by atomic mass is 10.1. The second-order valence-corrected chi connectivity index (χ2v) is 7.65. The van der Waals surface area contributed by atoms with E-state index in [0.29, 0.717) is 30.2 Å². The average Bonchev–Trinajstić information content (AvgIpc) is 3.49. The molecule has 0 atom stereocenters. The first-order valence-electron chi connectivity index (χ1n) is 9.79. The SMILES string of the molecule is COc1cc(C(=O)Nc2ccc(N3CCNC3=O)cc2)c([N+](=O)[O-])cc1OCc1cscn1. The molecule has 4 rings (SSSR count). The summed E-state index contributed by atoms with van der Waals surface area (Å²) in [6.45, 7) is 1.21. The lowest BCUT2D eigenvalue weighted by Gasteiger charge is -2.15. The van der Waals surface area contributed by atoms with Gasteiger partial charge in [0.2, 0.25) is 0 Å². The highest BCUT2D eigenvalue weighted by atomic mass is 32.1. The molecule has 2 N–H and O–H groups in total. The van der Waals surface area contributed by atoms with Crippen molar-refractivity contribution in [2.24, 2.45) is 0 Å². The van der Waals surface area contributed by atoms with Crippen LogP contribution >= 0.6 is 11.3 Å². The quantitative estimate of drug-likeness (QED) is 0.381. The maximum Gasteiger partial charge on any atom is 0.321 e. The normalized spacial score (nSPS) is 12.9. The van der Waals surface area contributed by atoms with Gasteiger partial charge in [-0.2, -0.15) is 0 Å². The van der Waals surface area contributed by atoms with E-state index in [1.807, 2.05) is 0 Å². The summed E-state index contributed by atoms with van der Waals surface area (Å²) in [7, 11) is 1.38. The summed E-state index contributed by atoms with van der Waals surface area (Å²) < 4.78 is 10.9. The zero-order valence-electron chi connectivity index (χ0n) is 17.4.